The second-order valence-electron chi connectivity index (χ2n) is 9.80. The van der Waals surface area contributed by atoms with Crippen LogP contribution < -0.4 is 27.6 Å². The Hall–Kier alpha value is -4.49. The van der Waals surface area contributed by atoms with Crippen LogP contribution in [-0.4, -0.2) is 48.0 Å². The van der Waals surface area contributed by atoms with Gasteiger partial charge in [-0.05, 0) is 78.9 Å². The van der Waals surface area contributed by atoms with Gasteiger partial charge in [0.2, 0.25) is 11.9 Å². The van der Waals surface area contributed by atoms with E-state index in [4.69, 9.17) is 38.5 Å². The average molecular weight is 609 g/mol. The van der Waals surface area contributed by atoms with E-state index in [1.807, 2.05) is 11.0 Å². The third-order valence-corrected chi connectivity index (χ3v) is 7.27. The Morgan fingerprint density at radius 3 is 2.42 bits per heavy atom. The molecule has 1 fully saturated rings. The zero-order valence-corrected chi connectivity index (χ0v) is 24.1. The standard InChI is InChI=1S/C30H33ClN6O6/c31-26-17-25(42-28(39)21-4-8-23(9-5-21)35-30(32)36-33)10-6-20(26)7-11-27(38)37(24-12-14-41-15-13-24)18-19-2-1-3-22(16-19)29(40)43-34/h1-6,8-10,16-17,24H,7,11-15,18,33-34H2,(H3,32,35,36). The smallest absolute Gasteiger partial charge is 0.356 e. The third-order valence-electron chi connectivity index (χ3n) is 6.92. The number of carbonyl (C=O) groups is 3. The summed E-state index contributed by atoms with van der Waals surface area (Å²) in [5.41, 5.74) is 10.4. The van der Waals surface area contributed by atoms with E-state index in [1.54, 1.807) is 60.7 Å². The van der Waals surface area contributed by atoms with Gasteiger partial charge in [-0.1, -0.05) is 29.8 Å². The van der Waals surface area contributed by atoms with Crippen LogP contribution in [0.2, 0.25) is 5.02 Å². The number of rotatable bonds is 10. The highest BCUT2D eigenvalue weighted by atomic mass is 35.5. The summed E-state index contributed by atoms with van der Waals surface area (Å²) >= 11 is 6.51. The molecule has 0 atom stereocenters. The molecule has 0 unspecified atom stereocenters. The molecule has 12 nitrogen and oxygen atoms in total. The third kappa shape index (κ3) is 8.75. The van der Waals surface area contributed by atoms with E-state index >= 15 is 0 Å². The van der Waals surface area contributed by atoms with Gasteiger partial charge in [-0.2, -0.15) is 5.90 Å². The maximum absolute atomic E-state index is 13.5. The van der Waals surface area contributed by atoms with E-state index in [2.05, 4.69) is 15.3 Å². The number of hydrogen-bond acceptors (Lipinski definition) is 9. The Morgan fingerprint density at radius 2 is 1.74 bits per heavy atom. The monoisotopic (exact) mass is 608 g/mol. The Balaban J connectivity index is 1.39. The van der Waals surface area contributed by atoms with Crippen molar-refractivity contribution >= 4 is 41.1 Å². The Morgan fingerprint density at radius 1 is 1.00 bits per heavy atom. The van der Waals surface area contributed by atoms with Crippen molar-refractivity contribution in [2.75, 3.05) is 13.2 Å². The van der Waals surface area contributed by atoms with Crippen molar-refractivity contribution in [3.8, 4) is 5.75 Å². The predicted octanol–water partition coefficient (Wildman–Crippen LogP) is 3.14. The van der Waals surface area contributed by atoms with E-state index < -0.39 is 11.9 Å². The van der Waals surface area contributed by atoms with Gasteiger partial charge in [-0.25, -0.2) is 20.4 Å². The second kappa shape index (κ2) is 15.1. The molecule has 0 aliphatic carbocycles. The van der Waals surface area contributed by atoms with Gasteiger partial charge < -0.3 is 24.9 Å². The van der Waals surface area contributed by atoms with Gasteiger partial charge in [-0.3, -0.25) is 10.2 Å². The first-order valence-corrected chi connectivity index (χ1v) is 13.9. The maximum atomic E-state index is 13.5. The Kier molecular flexibility index (Phi) is 11.1. The largest absolute Gasteiger partial charge is 0.423 e. The first-order valence-electron chi connectivity index (χ1n) is 13.6. The first-order chi connectivity index (χ1) is 20.8. The van der Waals surface area contributed by atoms with Crippen LogP contribution in [0.15, 0.2) is 71.7 Å². The maximum Gasteiger partial charge on any atom is 0.356 e. The summed E-state index contributed by atoms with van der Waals surface area (Å²) in [5.74, 6) is 9.26. The minimum absolute atomic E-state index is 0.000759. The van der Waals surface area contributed by atoms with Gasteiger partial charge in [0.05, 0.1) is 16.8 Å². The van der Waals surface area contributed by atoms with Crippen LogP contribution >= 0.6 is 11.6 Å². The molecule has 0 aromatic heterocycles. The van der Waals surface area contributed by atoms with Crippen LogP contribution in [0.3, 0.4) is 0 Å². The van der Waals surface area contributed by atoms with Crippen LogP contribution in [0, 0.1) is 0 Å². The predicted molar refractivity (Wildman–Crippen MR) is 160 cm³/mol. The second-order valence-corrected chi connectivity index (χ2v) is 10.2. The number of esters is 1. The number of amides is 1. The SMILES string of the molecule is NNC(N)=Nc1ccc(C(=O)Oc2ccc(CCC(=O)N(Cc3cccc(C(=O)ON)c3)C3CCOCC3)c(Cl)c2)cc1. The van der Waals surface area contributed by atoms with E-state index in [0.717, 1.165) is 11.1 Å². The van der Waals surface area contributed by atoms with Crippen LogP contribution in [0.1, 0.15) is 51.1 Å². The lowest BCUT2D eigenvalue weighted by Crippen LogP contribution is -2.43. The molecular formula is C30H33ClN6O6. The van der Waals surface area contributed by atoms with Gasteiger partial charge >= 0.3 is 11.9 Å². The number of nitrogens with two attached hydrogens (primary N) is 3. The summed E-state index contributed by atoms with van der Waals surface area (Å²) in [6.07, 6.45) is 2.02. The number of carbonyl (C=O) groups excluding carboxylic acids is 3. The van der Waals surface area contributed by atoms with E-state index in [9.17, 15) is 14.4 Å². The zero-order valence-electron chi connectivity index (χ0n) is 23.3. The summed E-state index contributed by atoms with van der Waals surface area (Å²) in [6, 6.07) is 18.1. The lowest BCUT2D eigenvalue weighted by molar-refractivity contribution is -0.136. The molecule has 0 saturated carbocycles. The van der Waals surface area contributed by atoms with Gasteiger partial charge in [0, 0.05) is 37.2 Å². The quantitative estimate of drug-likeness (QED) is 0.0665. The van der Waals surface area contributed by atoms with E-state index in [-0.39, 0.29) is 30.1 Å². The summed E-state index contributed by atoms with van der Waals surface area (Å²) in [5, 5.41) is 0.373. The number of halogens is 1. The molecule has 0 bridgehead atoms. The van der Waals surface area contributed by atoms with Crippen molar-refractivity contribution in [3.63, 3.8) is 0 Å². The van der Waals surface area contributed by atoms with Gasteiger partial charge in [0.15, 0.2) is 0 Å². The van der Waals surface area contributed by atoms with Crippen molar-refractivity contribution in [3.05, 3.63) is 94.0 Å². The number of ether oxygens (including phenoxy) is 2. The summed E-state index contributed by atoms with van der Waals surface area (Å²) in [7, 11) is 0. The highest BCUT2D eigenvalue weighted by molar-refractivity contribution is 6.31. The van der Waals surface area contributed by atoms with Gasteiger partial charge in [0.1, 0.15) is 5.75 Å². The van der Waals surface area contributed by atoms with Gasteiger partial charge in [-0.15, -0.1) is 0 Å². The molecule has 1 saturated heterocycles. The Bertz CT molecular complexity index is 1480. The molecule has 3 aromatic rings. The summed E-state index contributed by atoms with van der Waals surface area (Å²) < 4.78 is 11.0. The fourth-order valence-electron chi connectivity index (χ4n) is 4.67. The first kappa shape index (κ1) is 31.4. The summed E-state index contributed by atoms with van der Waals surface area (Å²) in [4.78, 5) is 48.2. The molecule has 1 amide bonds. The molecule has 0 radical (unpaired) electrons. The number of hydrogen-bond donors (Lipinski definition) is 4. The topological polar surface area (TPSA) is 185 Å². The number of guanidine groups is 1. The zero-order chi connectivity index (χ0) is 30.8. The minimum Gasteiger partial charge on any atom is -0.423 e. The molecule has 7 N–H and O–H groups in total. The molecule has 1 heterocycles. The fourth-order valence-corrected chi connectivity index (χ4v) is 4.93. The number of hydrazine groups is 1. The number of nitrogens with zero attached hydrogens (tertiary/aromatic N) is 2. The Labute approximate surface area is 253 Å². The van der Waals surface area contributed by atoms with Crippen LogP contribution in [-0.2, 0) is 27.3 Å². The number of benzene rings is 3. The lowest BCUT2D eigenvalue weighted by Gasteiger charge is -2.34. The lowest BCUT2D eigenvalue weighted by atomic mass is 10.0. The number of nitrogens with one attached hydrogen (secondary N) is 1. The molecule has 43 heavy (non-hydrogen) atoms. The fraction of sp³-hybridized carbons (Fsp3) is 0.267. The van der Waals surface area contributed by atoms with E-state index in [0.29, 0.717) is 60.9 Å². The molecule has 3 aromatic carbocycles. The van der Waals surface area contributed by atoms with Crippen LogP contribution in [0.5, 0.6) is 5.75 Å². The molecule has 0 spiro atoms. The van der Waals surface area contributed by atoms with E-state index in [1.165, 1.54) is 0 Å². The van der Waals surface area contributed by atoms with Gasteiger partial charge in [0.25, 0.3) is 0 Å². The molecule has 1 aliphatic heterocycles. The van der Waals surface area contributed by atoms with Crippen molar-refractivity contribution < 1.29 is 28.7 Å². The molecule has 1 aliphatic rings. The van der Waals surface area contributed by atoms with Crippen molar-refractivity contribution in [1.82, 2.24) is 10.3 Å². The molecular weight excluding hydrogens is 576 g/mol. The molecule has 226 valence electrons. The van der Waals surface area contributed by atoms with Crippen LogP contribution in [0.25, 0.3) is 0 Å². The number of aryl methyl sites for hydroxylation is 1. The molecule has 4 rings (SSSR count). The normalized spacial score (nSPS) is 13.7. The molecule has 13 heteroatoms. The van der Waals surface area contributed by atoms with Crippen molar-refractivity contribution in [1.29, 1.82) is 0 Å². The highest BCUT2D eigenvalue weighted by Crippen LogP contribution is 2.26. The van der Waals surface area contributed by atoms with Crippen molar-refractivity contribution in [2.24, 2.45) is 22.5 Å². The average Bonchev–Trinajstić information content (AvgIpc) is 3.03. The summed E-state index contributed by atoms with van der Waals surface area (Å²) in [6.45, 7) is 1.46. The van der Waals surface area contributed by atoms with Crippen LogP contribution in [0.4, 0.5) is 5.69 Å². The minimum atomic E-state index is -0.649. The number of aliphatic imine (C=N–C) groups is 1. The van der Waals surface area contributed by atoms with Crippen molar-refractivity contribution in [2.45, 2.75) is 38.3 Å². The highest BCUT2D eigenvalue weighted by Gasteiger charge is 2.26.